The number of aryl methyl sites for hydroxylation is 3. The van der Waals surface area contributed by atoms with Crippen molar-refractivity contribution in [3.05, 3.63) is 41.2 Å². The molecule has 1 aromatic heterocycles. The summed E-state index contributed by atoms with van der Waals surface area (Å²) < 4.78 is 1.89. The molecule has 0 aliphatic carbocycles. The molecule has 0 aliphatic rings. The monoisotopic (exact) mass is 288 g/mol. The lowest BCUT2D eigenvalue weighted by atomic mass is 10.1. The molecule has 0 radical (unpaired) electrons. The van der Waals surface area contributed by atoms with E-state index in [0.29, 0.717) is 5.11 Å². The van der Waals surface area contributed by atoms with Crippen LogP contribution in [0.3, 0.4) is 0 Å². The Balaban J connectivity index is 2.09. The molecule has 0 spiro atoms. The first-order valence-electron chi connectivity index (χ1n) is 6.69. The van der Waals surface area contributed by atoms with Crippen molar-refractivity contribution in [1.29, 1.82) is 0 Å². The van der Waals surface area contributed by atoms with E-state index < -0.39 is 0 Å². The van der Waals surface area contributed by atoms with Gasteiger partial charge in [-0.2, -0.15) is 5.10 Å². The van der Waals surface area contributed by atoms with E-state index >= 15 is 0 Å². The van der Waals surface area contributed by atoms with Gasteiger partial charge < -0.3 is 10.6 Å². The third-order valence-electron chi connectivity index (χ3n) is 3.37. The summed E-state index contributed by atoms with van der Waals surface area (Å²) in [5.74, 6) is 0. The molecule has 0 fully saturated rings. The van der Waals surface area contributed by atoms with Crippen molar-refractivity contribution in [3.8, 4) is 0 Å². The first-order chi connectivity index (χ1) is 9.51. The van der Waals surface area contributed by atoms with Crippen LogP contribution in [0, 0.1) is 20.8 Å². The molecule has 0 aliphatic heterocycles. The molecule has 20 heavy (non-hydrogen) atoms. The highest BCUT2D eigenvalue weighted by Crippen LogP contribution is 2.19. The number of nitrogens with zero attached hydrogens (tertiary/aromatic N) is 2. The zero-order valence-electron chi connectivity index (χ0n) is 12.3. The average Bonchev–Trinajstić information content (AvgIpc) is 2.76. The molecule has 0 amide bonds. The highest BCUT2D eigenvalue weighted by molar-refractivity contribution is 7.80. The standard InChI is InChI=1S/C15H20N4S/c1-5-19-9-14(12(4)18-19)17-15(20)16-13-8-6-7-10(2)11(13)3/h6-9H,5H2,1-4H3,(H2,16,17,20). The number of hydrogen-bond donors (Lipinski definition) is 2. The second kappa shape index (κ2) is 6.05. The molecular weight excluding hydrogens is 268 g/mol. The topological polar surface area (TPSA) is 41.9 Å². The molecule has 0 saturated carbocycles. The number of nitrogens with one attached hydrogen (secondary N) is 2. The Labute approximate surface area is 125 Å². The molecule has 1 aromatic carbocycles. The predicted molar refractivity (Wildman–Crippen MR) is 88.4 cm³/mol. The minimum absolute atomic E-state index is 0.581. The van der Waals surface area contributed by atoms with Crippen molar-refractivity contribution in [2.75, 3.05) is 10.6 Å². The van der Waals surface area contributed by atoms with Gasteiger partial charge in [0.05, 0.1) is 11.4 Å². The first kappa shape index (κ1) is 14.5. The Bertz CT molecular complexity index is 631. The zero-order chi connectivity index (χ0) is 14.7. The van der Waals surface area contributed by atoms with Crippen LogP contribution in [-0.4, -0.2) is 14.9 Å². The van der Waals surface area contributed by atoms with Crippen LogP contribution in [0.4, 0.5) is 11.4 Å². The van der Waals surface area contributed by atoms with Gasteiger partial charge in [0.2, 0.25) is 0 Å². The zero-order valence-corrected chi connectivity index (χ0v) is 13.1. The van der Waals surface area contributed by atoms with Gasteiger partial charge in [-0.25, -0.2) is 0 Å². The lowest BCUT2D eigenvalue weighted by molar-refractivity contribution is 0.653. The first-order valence-corrected chi connectivity index (χ1v) is 7.10. The highest BCUT2D eigenvalue weighted by atomic mass is 32.1. The largest absolute Gasteiger partial charge is 0.332 e. The molecule has 5 heteroatoms. The third-order valence-corrected chi connectivity index (χ3v) is 3.58. The van der Waals surface area contributed by atoms with E-state index in [9.17, 15) is 0 Å². The van der Waals surface area contributed by atoms with Crippen molar-refractivity contribution < 1.29 is 0 Å². The van der Waals surface area contributed by atoms with E-state index in [-0.39, 0.29) is 0 Å². The molecule has 2 rings (SSSR count). The minimum atomic E-state index is 0.581. The summed E-state index contributed by atoms with van der Waals surface area (Å²) in [6.07, 6.45) is 1.96. The van der Waals surface area contributed by atoms with Gasteiger partial charge in [0.25, 0.3) is 0 Å². The Morgan fingerprint density at radius 3 is 2.55 bits per heavy atom. The molecule has 0 saturated heterocycles. The van der Waals surface area contributed by atoms with E-state index in [1.807, 2.05) is 29.9 Å². The second-order valence-electron chi connectivity index (χ2n) is 4.81. The second-order valence-corrected chi connectivity index (χ2v) is 5.22. The lowest BCUT2D eigenvalue weighted by Crippen LogP contribution is -2.20. The molecule has 1 heterocycles. The average molecular weight is 288 g/mol. The summed E-state index contributed by atoms with van der Waals surface area (Å²) >= 11 is 5.37. The van der Waals surface area contributed by atoms with Crippen molar-refractivity contribution in [2.45, 2.75) is 34.2 Å². The van der Waals surface area contributed by atoms with Crippen molar-refractivity contribution in [3.63, 3.8) is 0 Å². The van der Waals surface area contributed by atoms with Gasteiger partial charge >= 0.3 is 0 Å². The summed E-state index contributed by atoms with van der Waals surface area (Å²) in [6, 6.07) is 6.14. The van der Waals surface area contributed by atoms with Crippen LogP contribution < -0.4 is 10.6 Å². The fraction of sp³-hybridized carbons (Fsp3) is 0.333. The van der Waals surface area contributed by atoms with Crippen molar-refractivity contribution in [2.24, 2.45) is 0 Å². The van der Waals surface area contributed by atoms with Crippen LogP contribution in [0.25, 0.3) is 0 Å². The summed E-state index contributed by atoms with van der Waals surface area (Å²) in [6.45, 7) is 9.05. The summed E-state index contributed by atoms with van der Waals surface area (Å²) in [4.78, 5) is 0. The van der Waals surface area contributed by atoms with E-state index in [4.69, 9.17) is 12.2 Å². The van der Waals surface area contributed by atoms with Crippen LogP contribution in [0.2, 0.25) is 0 Å². The number of thiocarbonyl (C=S) groups is 1. The highest BCUT2D eigenvalue weighted by Gasteiger charge is 2.07. The van der Waals surface area contributed by atoms with Gasteiger partial charge in [-0.05, 0) is 57.1 Å². The fourth-order valence-corrected chi connectivity index (χ4v) is 2.18. The Morgan fingerprint density at radius 2 is 1.90 bits per heavy atom. The van der Waals surface area contributed by atoms with E-state index in [0.717, 1.165) is 23.6 Å². The van der Waals surface area contributed by atoms with Gasteiger partial charge in [0.1, 0.15) is 0 Å². The molecule has 2 N–H and O–H groups in total. The molecule has 4 nitrogen and oxygen atoms in total. The lowest BCUT2D eigenvalue weighted by Gasteiger charge is -2.13. The van der Waals surface area contributed by atoms with Gasteiger partial charge in [-0.1, -0.05) is 12.1 Å². The number of benzene rings is 1. The maximum Gasteiger partial charge on any atom is 0.175 e. The van der Waals surface area contributed by atoms with Crippen LogP contribution in [0.1, 0.15) is 23.7 Å². The molecule has 0 bridgehead atoms. The number of rotatable bonds is 3. The minimum Gasteiger partial charge on any atom is -0.332 e. The maximum absolute atomic E-state index is 5.37. The van der Waals surface area contributed by atoms with Gasteiger partial charge in [0.15, 0.2) is 5.11 Å². The Hall–Kier alpha value is -1.88. The van der Waals surface area contributed by atoms with Crippen LogP contribution >= 0.6 is 12.2 Å². The van der Waals surface area contributed by atoms with Gasteiger partial charge in [-0.15, -0.1) is 0 Å². The van der Waals surface area contributed by atoms with Crippen LogP contribution in [0.15, 0.2) is 24.4 Å². The van der Waals surface area contributed by atoms with Crippen molar-refractivity contribution in [1.82, 2.24) is 9.78 Å². The van der Waals surface area contributed by atoms with E-state index in [2.05, 4.69) is 42.6 Å². The normalized spacial score (nSPS) is 10.4. The van der Waals surface area contributed by atoms with Gasteiger partial charge in [-0.3, -0.25) is 4.68 Å². The fourth-order valence-electron chi connectivity index (χ4n) is 1.96. The predicted octanol–water partition coefficient (Wildman–Crippen LogP) is 3.64. The summed E-state index contributed by atoms with van der Waals surface area (Å²) in [7, 11) is 0. The van der Waals surface area contributed by atoms with E-state index in [1.165, 1.54) is 11.1 Å². The smallest absolute Gasteiger partial charge is 0.175 e. The van der Waals surface area contributed by atoms with E-state index in [1.54, 1.807) is 0 Å². The number of aromatic nitrogens is 2. The molecule has 0 atom stereocenters. The quantitative estimate of drug-likeness (QED) is 0.846. The third kappa shape index (κ3) is 3.17. The number of hydrogen-bond acceptors (Lipinski definition) is 2. The Morgan fingerprint density at radius 1 is 1.20 bits per heavy atom. The summed E-state index contributed by atoms with van der Waals surface area (Å²) in [5, 5.41) is 11.4. The summed E-state index contributed by atoms with van der Waals surface area (Å²) in [5.41, 5.74) is 5.36. The van der Waals surface area contributed by atoms with Gasteiger partial charge in [0, 0.05) is 18.4 Å². The molecule has 106 valence electrons. The molecular formula is C15H20N4S. The Kier molecular flexibility index (Phi) is 4.39. The van der Waals surface area contributed by atoms with Crippen molar-refractivity contribution >= 4 is 28.7 Å². The molecule has 0 unspecified atom stereocenters. The molecule has 2 aromatic rings. The maximum atomic E-state index is 5.37. The SMILES string of the molecule is CCn1cc(NC(=S)Nc2cccc(C)c2C)c(C)n1. The number of anilines is 2. The van der Waals surface area contributed by atoms with Crippen LogP contribution in [0.5, 0.6) is 0 Å². The van der Waals surface area contributed by atoms with Crippen LogP contribution in [-0.2, 0) is 6.54 Å².